The Labute approximate surface area is 184 Å². The molecule has 4 aliphatic carbocycles. The quantitative estimate of drug-likeness (QED) is 0.648. The molecule has 3 unspecified atom stereocenters. The van der Waals surface area contributed by atoms with Gasteiger partial charge in [-0.3, -0.25) is 4.79 Å². The highest BCUT2D eigenvalue weighted by atomic mass is 16.7. The molecule has 2 saturated carbocycles. The van der Waals surface area contributed by atoms with Crippen molar-refractivity contribution >= 4 is 5.78 Å². The highest BCUT2D eigenvalue weighted by Crippen LogP contribution is 2.63. The number of fused-ring (bicyclic) bond motifs is 4. The van der Waals surface area contributed by atoms with Crippen LogP contribution < -0.4 is 4.74 Å². The van der Waals surface area contributed by atoms with Crippen LogP contribution in [0.25, 0.3) is 0 Å². The number of Topliss-reactive ketones (excluding diaryl/α,β-unsaturated/α-hetero) is 1. The van der Waals surface area contributed by atoms with Crippen molar-refractivity contribution in [2.75, 3.05) is 20.3 Å². The van der Waals surface area contributed by atoms with E-state index in [1.165, 1.54) is 11.1 Å². The van der Waals surface area contributed by atoms with Crippen LogP contribution in [0.3, 0.4) is 0 Å². The Hall–Kier alpha value is -1.91. The average Bonchev–Trinajstić information content (AvgIpc) is 3.37. The fourth-order valence-corrected chi connectivity index (χ4v) is 7.39. The molecule has 0 amide bonds. The molecular formula is C27H32O4. The standard InChI is InChI=1S/C27H32O4/c1-26-16-22(17-3-6-19(29-2)7-4-17)25-20-11-12-27(30-13-14-31-27)15-18(20)5-8-21(25)23(26)9-10-24(26)28/h3-4,6-7,15,21-23H,5,8-14,16H2,1-2H3/t21?,22?,23?,26-/m0/s1. The SMILES string of the molecule is COc1ccc(C2C[C@]3(C)C(=O)CCC3C3CCC4=CC5(CCC4=C23)OCCO5)cc1. The van der Waals surface area contributed by atoms with Gasteiger partial charge in [0.05, 0.1) is 20.3 Å². The molecule has 1 saturated heterocycles. The van der Waals surface area contributed by atoms with Crippen LogP contribution in [0.4, 0.5) is 0 Å². The Morgan fingerprint density at radius 1 is 1.03 bits per heavy atom. The van der Waals surface area contributed by atoms with Crippen molar-refractivity contribution < 1.29 is 19.0 Å². The maximum Gasteiger partial charge on any atom is 0.188 e. The summed E-state index contributed by atoms with van der Waals surface area (Å²) in [6.45, 7) is 3.64. The Bertz CT molecular complexity index is 965. The lowest BCUT2D eigenvalue weighted by Crippen LogP contribution is -2.44. The Morgan fingerprint density at radius 2 is 1.81 bits per heavy atom. The average molecular weight is 421 g/mol. The van der Waals surface area contributed by atoms with Gasteiger partial charge < -0.3 is 14.2 Å². The zero-order valence-corrected chi connectivity index (χ0v) is 18.6. The van der Waals surface area contributed by atoms with E-state index in [1.807, 2.05) is 0 Å². The summed E-state index contributed by atoms with van der Waals surface area (Å²) in [5.74, 6) is 2.19. The molecule has 5 aliphatic rings. The highest BCUT2D eigenvalue weighted by molar-refractivity contribution is 5.87. The number of hydrogen-bond donors (Lipinski definition) is 0. The number of methoxy groups -OCH3 is 1. The first-order valence-corrected chi connectivity index (χ1v) is 11.9. The maximum absolute atomic E-state index is 13.1. The lowest BCUT2D eigenvalue weighted by atomic mass is 9.53. The van der Waals surface area contributed by atoms with Crippen LogP contribution in [0.2, 0.25) is 0 Å². The molecule has 4 atom stereocenters. The van der Waals surface area contributed by atoms with E-state index in [1.54, 1.807) is 18.3 Å². The van der Waals surface area contributed by atoms with Gasteiger partial charge in [0.15, 0.2) is 5.79 Å². The normalized spacial score (nSPS) is 36.1. The summed E-state index contributed by atoms with van der Waals surface area (Å²) >= 11 is 0. The molecule has 4 nitrogen and oxygen atoms in total. The number of rotatable bonds is 2. The highest BCUT2D eigenvalue weighted by Gasteiger charge is 2.56. The molecule has 1 aromatic rings. The molecule has 0 radical (unpaired) electrons. The molecule has 31 heavy (non-hydrogen) atoms. The Balaban J connectivity index is 1.48. The molecule has 1 aliphatic heterocycles. The lowest BCUT2D eigenvalue weighted by Gasteiger charge is -2.50. The maximum atomic E-state index is 13.1. The molecule has 0 aromatic heterocycles. The van der Waals surface area contributed by atoms with E-state index >= 15 is 0 Å². The third kappa shape index (κ3) is 2.91. The van der Waals surface area contributed by atoms with Crippen LogP contribution in [0.1, 0.15) is 63.4 Å². The van der Waals surface area contributed by atoms with Crippen molar-refractivity contribution in [2.24, 2.45) is 17.3 Å². The lowest BCUT2D eigenvalue weighted by molar-refractivity contribution is -0.128. The van der Waals surface area contributed by atoms with Crippen LogP contribution in [-0.2, 0) is 14.3 Å². The van der Waals surface area contributed by atoms with Gasteiger partial charge in [0, 0.05) is 24.2 Å². The predicted octanol–water partition coefficient (Wildman–Crippen LogP) is 5.34. The van der Waals surface area contributed by atoms with Gasteiger partial charge >= 0.3 is 0 Å². The topological polar surface area (TPSA) is 44.8 Å². The van der Waals surface area contributed by atoms with Gasteiger partial charge in [0.1, 0.15) is 11.5 Å². The van der Waals surface area contributed by atoms with Crippen LogP contribution >= 0.6 is 0 Å². The number of allylic oxidation sites excluding steroid dienone is 3. The number of ketones is 1. The molecule has 4 heteroatoms. The van der Waals surface area contributed by atoms with Gasteiger partial charge in [-0.25, -0.2) is 0 Å². The van der Waals surface area contributed by atoms with Crippen molar-refractivity contribution in [1.82, 2.24) is 0 Å². The van der Waals surface area contributed by atoms with E-state index in [-0.39, 0.29) is 5.41 Å². The summed E-state index contributed by atoms with van der Waals surface area (Å²) in [6, 6.07) is 8.55. The monoisotopic (exact) mass is 420 g/mol. The van der Waals surface area contributed by atoms with Crippen molar-refractivity contribution in [3.8, 4) is 5.75 Å². The van der Waals surface area contributed by atoms with Crippen LogP contribution in [0, 0.1) is 17.3 Å². The van der Waals surface area contributed by atoms with Gasteiger partial charge in [-0.1, -0.05) is 24.6 Å². The van der Waals surface area contributed by atoms with E-state index in [2.05, 4.69) is 37.3 Å². The second-order valence-corrected chi connectivity index (χ2v) is 10.3. The molecule has 3 fully saturated rings. The molecule has 1 spiro atoms. The second kappa shape index (κ2) is 7.05. The Kier molecular flexibility index (Phi) is 4.49. The number of benzene rings is 1. The summed E-state index contributed by atoms with van der Waals surface area (Å²) in [4.78, 5) is 13.1. The first-order chi connectivity index (χ1) is 15.0. The van der Waals surface area contributed by atoms with Gasteiger partial charge in [-0.15, -0.1) is 0 Å². The largest absolute Gasteiger partial charge is 0.497 e. The summed E-state index contributed by atoms with van der Waals surface area (Å²) < 4.78 is 17.5. The summed E-state index contributed by atoms with van der Waals surface area (Å²) in [7, 11) is 1.71. The minimum atomic E-state index is -0.492. The number of carbonyl (C=O) groups excluding carboxylic acids is 1. The van der Waals surface area contributed by atoms with Crippen LogP contribution in [0.15, 0.2) is 47.1 Å². The molecule has 1 heterocycles. The second-order valence-electron chi connectivity index (χ2n) is 10.3. The summed E-state index contributed by atoms with van der Waals surface area (Å²) in [6.07, 6.45) is 9.17. The smallest absolute Gasteiger partial charge is 0.188 e. The van der Waals surface area contributed by atoms with Crippen LogP contribution in [-0.4, -0.2) is 31.9 Å². The molecule has 164 valence electrons. The van der Waals surface area contributed by atoms with E-state index in [9.17, 15) is 4.79 Å². The van der Waals surface area contributed by atoms with E-state index in [0.29, 0.717) is 36.8 Å². The molecule has 1 aromatic carbocycles. The first-order valence-electron chi connectivity index (χ1n) is 11.9. The van der Waals surface area contributed by atoms with Crippen molar-refractivity contribution in [3.05, 3.63) is 52.6 Å². The number of carbonyl (C=O) groups is 1. The van der Waals surface area contributed by atoms with Crippen LogP contribution in [0.5, 0.6) is 5.75 Å². The predicted molar refractivity (Wildman–Crippen MR) is 118 cm³/mol. The minimum absolute atomic E-state index is 0.186. The van der Waals surface area contributed by atoms with Crippen molar-refractivity contribution in [2.45, 2.75) is 63.6 Å². The van der Waals surface area contributed by atoms with E-state index in [4.69, 9.17) is 14.2 Å². The third-order valence-corrected chi connectivity index (χ3v) is 8.90. The third-order valence-electron chi connectivity index (χ3n) is 8.90. The summed E-state index contributed by atoms with van der Waals surface area (Å²) in [5.41, 5.74) is 5.73. The fraction of sp³-hybridized carbons (Fsp3) is 0.593. The number of hydrogen-bond acceptors (Lipinski definition) is 4. The number of ether oxygens (including phenoxy) is 3. The first kappa shape index (κ1) is 19.8. The van der Waals surface area contributed by atoms with Crippen molar-refractivity contribution in [3.63, 3.8) is 0 Å². The van der Waals surface area contributed by atoms with Gasteiger partial charge in [-0.05, 0) is 78.9 Å². The molecule has 0 N–H and O–H groups in total. The van der Waals surface area contributed by atoms with Gasteiger partial charge in [0.2, 0.25) is 0 Å². The minimum Gasteiger partial charge on any atom is -0.497 e. The van der Waals surface area contributed by atoms with Gasteiger partial charge in [0.25, 0.3) is 0 Å². The zero-order chi connectivity index (χ0) is 21.2. The van der Waals surface area contributed by atoms with Crippen molar-refractivity contribution in [1.29, 1.82) is 0 Å². The molecule has 0 bridgehead atoms. The summed E-state index contributed by atoms with van der Waals surface area (Å²) in [5, 5.41) is 0. The molecular weight excluding hydrogens is 388 g/mol. The fourth-order valence-electron chi connectivity index (χ4n) is 7.39. The van der Waals surface area contributed by atoms with E-state index < -0.39 is 5.79 Å². The Morgan fingerprint density at radius 3 is 2.55 bits per heavy atom. The zero-order valence-electron chi connectivity index (χ0n) is 18.6. The van der Waals surface area contributed by atoms with Gasteiger partial charge in [-0.2, -0.15) is 0 Å². The molecule has 6 rings (SSSR count). The van der Waals surface area contributed by atoms with E-state index in [0.717, 1.165) is 50.7 Å².